The Labute approximate surface area is 585 Å². The number of unbranched alkanes of at least 4 members (excludes halogenated alkanes) is 53. The normalized spacial score (nSPS) is 13.3. The molecule has 94 heavy (non-hydrogen) atoms. The van der Waals surface area contributed by atoms with E-state index >= 15 is 0 Å². The summed E-state index contributed by atoms with van der Waals surface area (Å²) in [6.07, 6.45) is 101. The molecule has 0 N–H and O–H groups in total. The van der Waals surface area contributed by atoms with Gasteiger partial charge in [-0.2, -0.15) is 0 Å². The molecule has 0 aliphatic heterocycles. The van der Waals surface area contributed by atoms with E-state index in [1.165, 1.54) is 315 Å². The molecule has 0 saturated heterocycles. The van der Waals surface area contributed by atoms with E-state index in [0.717, 1.165) is 64.2 Å². The molecule has 0 heterocycles. The van der Waals surface area contributed by atoms with Crippen LogP contribution in [0.3, 0.4) is 0 Å². The highest BCUT2D eigenvalue weighted by atomic mass is 31.2. The van der Waals surface area contributed by atoms with Gasteiger partial charge in [-0.25, -0.2) is 0 Å². The molecule has 0 rings (SSSR count). The third kappa shape index (κ3) is 78.7. The van der Waals surface area contributed by atoms with Gasteiger partial charge in [-0.05, 0) is 77.0 Å². The van der Waals surface area contributed by atoms with Crippen LogP contribution in [0.2, 0.25) is 0 Å². The first kappa shape index (κ1) is 91.7. The molecule has 0 saturated carbocycles. The van der Waals surface area contributed by atoms with Crippen molar-refractivity contribution in [2.45, 2.75) is 418 Å². The molecule has 0 spiro atoms. The Morgan fingerprint density at radius 2 is 0.606 bits per heavy atom. The lowest BCUT2D eigenvalue weighted by molar-refractivity contribution is -0.870. The molecule has 0 aliphatic rings. The summed E-state index contributed by atoms with van der Waals surface area (Å²) in [5, 5.41) is 0. The van der Waals surface area contributed by atoms with Crippen LogP contribution in [0.15, 0.2) is 60.8 Å². The molecule has 0 bridgehead atoms. The van der Waals surface area contributed by atoms with Crippen molar-refractivity contribution in [3.8, 4) is 0 Å². The number of esters is 2. The molecule has 0 aliphatic carbocycles. The topological polar surface area (TPSA) is 111 Å². The standard InChI is InChI=1S/C84H158NO8P/c1-6-8-10-12-14-16-18-20-22-24-26-28-30-32-34-36-38-39-40-41-42-43-44-45-47-48-50-52-54-56-58-60-62-64-66-68-70-72-74-76-83(86)90-80-82(81-92-94(88,89)91-79-78-85(3,4)5)93-84(87)77-75-73-71-69-67-65-63-61-59-57-55-53-51-49-46-37-35-33-31-29-27-25-23-21-19-17-15-13-11-9-7-2/h9,11,15,17,21,23-24,26-27,29,82H,6-8,10,12-14,16,18-20,22,25,28,30-81H2,1-5H3/b11-9-,17-15-,23-21-,26-24-,29-27-. The average Bonchev–Trinajstić information content (AvgIpc) is 1.66. The van der Waals surface area contributed by atoms with E-state index in [4.69, 9.17) is 18.5 Å². The number of carbonyl (C=O) groups excluding carboxylic acids is 2. The van der Waals surface area contributed by atoms with E-state index in [2.05, 4.69) is 74.6 Å². The van der Waals surface area contributed by atoms with Crippen LogP contribution in [0, 0.1) is 0 Å². The van der Waals surface area contributed by atoms with Gasteiger partial charge in [-0.1, -0.05) is 383 Å². The Morgan fingerprint density at radius 3 is 0.915 bits per heavy atom. The number of phosphoric acid groups is 1. The molecular weight excluding hydrogens is 1180 g/mol. The summed E-state index contributed by atoms with van der Waals surface area (Å²) in [5.41, 5.74) is 0. The number of hydrogen-bond donors (Lipinski definition) is 0. The maximum Gasteiger partial charge on any atom is 0.306 e. The van der Waals surface area contributed by atoms with Crippen molar-refractivity contribution in [2.24, 2.45) is 0 Å². The van der Waals surface area contributed by atoms with Crippen LogP contribution in [-0.4, -0.2) is 70.0 Å². The summed E-state index contributed by atoms with van der Waals surface area (Å²) in [6, 6.07) is 0. The van der Waals surface area contributed by atoms with Gasteiger partial charge in [0.15, 0.2) is 6.10 Å². The smallest absolute Gasteiger partial charge is 0.306 e. The summed E-state index contributed by atoms with van der Waals surface area (Å²) >= 11 is 0. The number of nitrogens with zero attached hydrogens (tertiary/aromatic N) is 1. The van der Waals surface area contributed by atoms with Crippen molar-refractivity contribution in [1.29, 1.82) is 0 Å². The zero-order valence-corrected chi connectivity index (χ0v) is 64.1. The zero-order chi connectivity index (χ0) is 68.3. The van der Waals surface area contributed by atoms with Gasteiger partial charge in [0.05, 0.1) is 27.7 Å². The Bertz CT molecular complexity index is 1770. The fourth-order valence-corrected chi connectivity index (χ4v) is 13.0. The lowest BCUT2D eigenvalue weighted by Crippen LogP contribution is -2.37. The number of quaternary nitrogens is 1. The second-order valence-corrected chi connectivity index (χ2v) is 30.5. The van der Waals surface area contributed by atoms with E-state index in [9.17, 15) is 19.0 Å². The van der Waals surface area contributed by atoms with Crippen molar-refractivity contribution >= 4 is 19.8 Å². The van der Waals surface area contributed by atoms with Gasteiger partial charge < -0.3 is 27.9 Å². The van der Waals surface area contributed by atoms with Crippen molar-refractivity contribution in [3.63, 3.8) is 0 Å². The monoisotopic (exact) mass is 1340 g/mol. The van der Waals surface area contributed by atoms with Crippen LogP contribution in [-0.2, 0) is 32.7 Å². The molecular formula is C84H158NO8P. The lowest BCUT2D eigenvalue weighted by Gasteiger charge is -2.28. The molecule has 9 nitrogen and oxygen atoms in total. The summed E-state index contributed by atoms with van der Waals surface area (Å²) in [5.74, 6) is -0.811. The summed E-state index contributed by atoms with van der Waals surface area (Å²) in [4.78, 5) is 38.2. The molecule has 552 valence electrons. The first-order valence-electron chi connectivity index (χ1n) is 41.0. The molecule has 0 aromatic carbocycles. The third-order valence-electron chi connectivity index (χ3n) is 18.5. The van der Waals surface area contributed by atoms with Crippen LogP contribution in [0.25, 0.3) is 0 Å². The van der Waals surface area contributed by atoms with E-state index in [1.54, 1.807) is 0 Å². The van der Waals surface area contributed by atoms with Gasteiger partial charge in [0.2, 0.25) is 0 Å². The first-order chi connectivity index (χ1) is 46.0. The number of rotatable bonds is 77. The van der Waals surface area contributed by atoms with Crippen LogP contribution >= 0.6 is 7.82 Å². The zero-order valence-electron chi connectivity index (χ0n) is 63.2. The fourth-order valence-electron chi connectivity index (χ4n) is 12.3. The first-order valence-corrected chi connectivity index (χ1v) is 42.5. The predicted molar refractivity (Wildman–Crippen MR) is 407 cm³/mol. The van der Waals surface area contributed by atoms with Crippen molar-refractivity contribution in [2.75, 3.05) is 47.5 Å². The molecule has 0 aromatic rings. The largest absolute Gasteiger partial charge is 0.756 e. The van der Waals surface area contributed by atoms with Crippen molar-refractivity contribution < 1.29 is 42.1 Å². The van der Waals surface area contributed by atoms with Gasteiger partial charge in [-0.3, -0.25) is 14.2 Å². The molecule has 10 heteroatoms. The second kappa shape index (κ2) is 74.9. The van der Waals surface area contributed by atoms with E-state index in [0.29, 0.717) is 17.4 Å². The predicted octanol–water partition coefficient (Wildman–Crippen LogP) is 26.7. The highest BCUT2D eigenvalue weighted by molar-refractivity contribution is 7.45. The fraction of sp³-hybridized carbons (Fsp3) is 0.857. The average molecular weight is 1340 g/mol. The molecule has 0 aromatic heterocycles. The Kier molecular flexibility index (Phi) is 73.1. The van der Waals surface area contributed by atoms with E-state index < -0.39 is 26.5 Å². The third-order valence-corrected chi connectivity index (χ3v) is 19.5. The SMILES string of the molecule is CC/C=C\C/C=C\C/C=C\C/C=C\CCCCCCCCCCCCCCCCCCCCC(=O)OC(COC(=O)CCCCCCCCCCCCCCCCCCCCCCCCCCCCC/C=C\CCCCCCCCCC)COP(=O)([O-])OCC[N+](C)(C)C. The minimum atomic E-state index is -4.64. The summed E-state index contributed by atoms with van der Waals surface area (Å²) < 4.78 is 34.4. The number of ether oxygens (including phenoxy) is 2. The number of phosphoric ester groups is 1. The highest BCUT2D eigenvalue weighted by Crippen LogP contribution is 2.38. The van der Waals surface area contributed by atoms with Gasteiger partial charge >= 0.3 is 11.9 Å². The number of hydrogen-bond acceptors (Lipinski definition) is 8. The van der Waals surface area contributed by atoms with Gasteiger partial charge in [0.25, 0.3) is 7.82 Å². The van der Waals surface area contributed by atoms with Crippen LogP contribution in [0.1, 0.15) is 412 Å². The van der Waals surface area contributed by atoms with Crippen LogP contribution in [0.5, 0.6) is 0 Å². The summed E-state index contributed by atoms with van der Waals surface area (Å²) in [7, 11) is 1.19. The summed E-state index contributed by atoms with van der Waals surface area (Å²) in [6.45, 7) is 4.20. The van der Waals surface area contributed by atoms with Gasteiger partial charge in [-0.15, -0.1) is 0 Å². The minimum absolute atomic E-state index is 0.0288. The molecule has 0 fully saturated rings. The highest BCUT2D eigenvalue weighted by Gasteiger charge is 2.22. The lowest BCUT2D eigenvalue weighted by atomic mass is 10.0. The van der Waals surface area contributed by atoms with Crippen LogP contribution < -0.4 is 4.89 Å². The van der Waals surface area contributed by atoms with Crippen molar-refractivity contribution in [3.05, 3.63) is 60.8 Å². The number of likely N-dealkylation sites (N-methyl/N-ethyl adjacent to an activating group) is 1. The molecule has 2 atom stereocenters. The Morgan fingerprint density at radius 1 is 0.340 bits per heavy atom. The maximum atomic E-state index is 12.9. The molecule has 0 radical (unpaired) electrons. The maximum absolute atomic E-state index is 12.9. The Balaban J connectivity index is 3.88. The van der Waals surface area contributed by atoms with Crippen molar-refractivity contribution in [1.82, 2.24) is 0 Å². The van der Waals surface area contributed by atoms with E-state index in [-0.39, 0.29) is 32.0 Å². The molecule has 0 amide bonds. The second-order valence-electron chi connectivity index (χ2n) is 29.1. The molecule has 2 unspecified atom stereocenters. The quantitative estimate of drug-likeness (QED) is 0.0195. The number of allylic oxidation sites excluding steroid dienone is 10. The van der Waals surface area contributed by atoms with Crippen LogP contribution in [0.4, 0.5) is 0 Å². The van der Waals surface area contributed by atoms with Gasteiger partial charge in [0.1, 0.15) is 19.8 Å². The Hall–Kier alpha value is -2.29. The minimum Gasteiger partial charge on any atom is -0.756 e. The number of carbonyl (C=O) groups is 2. The van der Waals surface area contributed by atoms with Gasteiger partial charge in [0, 0.05) is 12.8 Å². The van der Waals surface area contributed by atoms with E-state index in [1.807, 2.05) is 21.1 Å².